The number of aromatic nitrogens is 2. The number of alkyl halides is 5. The van der Waals surface area contributed by atoms with Gasteiger partial charge in [-0.15, -0.1) is 0 Å². The predicted octanol–water partition coefficient (Wildman–Crippen LogP) is 3.05. The van der Waals surface area contributed by atoms with Crippen molar-refractivity contribution in [3.8, 4) is 11.3 Å². The molecule has 0 spiro atoms. The Morgan fingerprint density at radius 3 is 2.64 bits per heavy atom. The molecule has 3 rings (SSSR count). The summed E-state index contributed by atoms with van der Waals surface area (Å²) in [5, 5.41) is 10.1. The second-order valence-electron chi connectivity index (χ2n) is 6.17. The number of likely N-dealkylation sites (tertiary alicyclic amines) is 1. The lowest BCUT2D eigenvalue weighted by molar-refractivity contribution is -0.163. The van der Waals surface area contributed by atoms with Gasteiger partial charge in [-0.2, -0.15) is 13.2 Å². The smallest absolute Gasteiger partial charge is 0.374 e. The molecule has 2 N–H and O–H groups in total. The summed E-state index contributed by atoms with van der Waals surface area (Å²) in [6.07, 6.45) is -2.45. The molecule has 1 aliphatic rings. The summed E-state index contributed by atoms with van der Waals surface area (Å²) in [4.78, 5) is 20.4. The number of nitrogens with zero attached hydrogens (tertiary/aromatic N) is 3. The number of anilines is 1. The van der Waals surface area contributed by atoms with Gasteiger partial charge >= 0.3 is 6.18 Å². The molecule has 0 saturated carbocycles. The molecule has 0 unspecified atom stereocenters. The molecule has 0 aliphatic carbocycles. The van der Waals surface area contributed by atoms with Crippen molar-refractivity contribution in [3.05, 3.63) is 41.9 Å². The molecule has 1 amide bonds. The molecule has 0 bridgehead atoms. The van der Waals surface area contributed by atoms with Crippen LogP contribution in [0.2, 0.25) is 0 Å². The second kappa shape index (κ2) is 7.13. The van der Waals surface area contributed by atoms with Gasteiger partial charge in [0.25, 0.3) is 5.92 Å². The minimum absolute atomic E-state index is 0.00983. The van der Waals surface area contributed by atoms with Gasteiger partial charge in [0.1, 0.15) is 11.4 Å². The zero-order chi connectivity index (χ0) is 20.5. The van der Waals surface area contributed by atoms with E-state index in [1.807, 2.05) is 0 Å². The minimum Gasteiger partial charge on any atom is -0.374 e. The first-order valence-electron chi connectivity index (χ1n) is 8.04. The van der Waals surface area contributed by atoms with Gasteiger partial charge in [-0.1, -0.05) is 6.07 Å². The van der Waals surface area contributed by atoms with E-state index in [4.69, 9.17) is 5.41 Å². The Labute approximate surface area is 155 Å². The van der Waals surface area contributed by atoms with Gasteiger partial charge in [-0.3, -0.25) is 9.78 Å². The number of hydrogen-bond donors (Lipinski definition) is 2. The normalized spacial score (nSPS) is 15.7. The predicted molar refractivity (Wildman–Crippen MR) is 90.4 cm³/mol. The highest BCUT2D eigenvalue weighted by molar-refractivity contribution is 5.88. The highest BCUT2D eigenvalue weighted by Crippen LogP contribution is 2.30. The topological polar surface area (TPSA) is 82.0 Å². The summed E-state index contributed by atoms with van der Waals surface area (Å²) >= 11 is 0. The van der Waals surface area contributed by atoms with E-state index in [2.05, 4.69) is 15.3 Å². The van der Waals surface area contributed by atoms with Crippen LogP contribution in [-0.2, 0) is 11.0 Å². The summed E-state index contributed by atoms with van der Waals surface area (Å²) < 4.78 is 64.2. The molecular weight excluding hydrogens is 385 g/mol. The van der Waals surface area contributed by atoms with Crippen molar-refractivity contribution < 1.29 is 26.7 Å². The van der Waals surface area contributed by atoms with Crippen molar-refractivity contribution in [1.82, 2.24) is 14.9 Å². The van der Waals surface area contributed by atoms with E-state index in [1.54, 1.807) is 0 Å². The van der Waals surface area contributed by atoms with Gasteiger partial charge in [-0.25, -0.2) is 13.8 Å². The lowest BCUT2D eigenvalue weighted by Gasteiger charge is -2.38. The maximum atomic E-state index is 12.8. The fraction of sp³-hybridized carbons (Fsp3) is 0.294. The van der Waals surface area contributed by atoms with E-state index < -0.39 is 36.8 Å². The summed E-state index contributed by atoms with van der Waals surface area (Å²) in [6.45, 7) is -1.63. The van der Waals surface area contributed by atoms with Gasteiger partial charge in [0, 0.05) is 18.0 Å². The van der Waals surface area contributed by atoms with Crippen molar-refractivity contribution in [2.45, 2.75) is 12.1 Å². The quantitative estimate of drug-likeness (QED) is 0.598. The van der Waals surface area contributed by atoms with Crippen molar-refractivity contribution in [2.75, 3.05) is 25.0 Å². The molecule has 3 heterocycles. The van der Waals surface area contributed by atoms with Crippen LogP contribution in [0.25, 0.3) is 11.3 Å². The number of nitrogens with one attached hydrogen (secondary N) is 2. The first-order chi connectivity index (χ1) is 13.1. The Morgan fingerprint density at radius 2 is 2.04 bits per heavy atom. The van der Waals surface area contributed by atoms with E-state index in [0.29, 0.717) is 0 Å². The lowest BCUT2D eigenvalue weighted by Crippen LogP contribution is -2.59. The van der Waals surface area contributed by atoms with Crippen LogP contribution in [0, 0.1) is 5.41 Å². The van der Waals surface area contributed by atoms with Crippen LogP contribution in [0.1, 0.15) is 11.4 Å². The first kappa shape index (κ1) is 19.6. The highest BCUT2D eigenvalue weighted by Gasteiger charge is 2.45. The molecule has 28 heavy (non-hydrogen) atoms. The Hall–Kier alpha value is -3.11. The molecule has 0 radical (unpaired) electrons. The van der Waals surface area contributed by atoms with E-state index in [1.165, 1.54) is 24.4 Å². The standard InChI is InChI=1S/C17H14F5N5O/c18-16(19)8-27(9-16)15(28)7-25-12-4-10(6-24-13(12)5-23)11-2-1-3-14(26-11)17(20,21)22/h1-6,23,25H,7-9H2. The van der Waals surface area contributed by atoms with E-state index in [-0.39, 0.29) is 29.2 Å². The number of amides is 1. The van der Waals surface area contributed by atoms with E-state index in [0.717, 1.165) is 17.2 Å². The highest BCUT2D eigenvalue weighted by atomic mass is 19.4. The molecule has 0 aromatic carbocycles. The number of pyridine rings is 2. The van der Waals surface area contributed by atoms with Crippen LogP contribution >= 0.6 is 0 Å². The third kappa shape index (κ3) is 4.24. The van der Waals surface area contributed by atoms with Crippen LogP contribution in [0.15, 0.2) is 30.5 Å². The molecule has 0 atom stereocenters. The van der Waals surface area contributed by atoms with Crippen molar-refractivity contribution in [3.63, 3.8) is 0 Å². The Bertz CT molecular complexity index is 907. The Balaban J connectivity index is 1.79. The van der Waals surface area contributed by atoms with E-state index in [9.17, 15) is 26.7 Å². The summed E-state index contributed by atoms with van der Waals surface area (Å²) in [7, 11) is 0. The Kier molecular flexibility index (Phi) is 5.01. The van der Waals surface area contributed by atoms with Crippen molar-refractivity contribution in [2.24, 2.45) is 0 Å². The molecule has 2 aromatic rings. The number of hydrogen-bond acceptors (Lipinski definition) is 5. The second-order valence-corrected chi connectivity index (χ2v) is 6.17. The third-order valence-electron chi connectivity index (χ3n) is 4.02. The number of halogens is 5. The van der Waals surface area contributed by atoms with E-state index >= 15 is 0 Å². The average molecular weight is 399 g/mol. The van der Waals surface area contributed by atoms with Gasteiger partial charge in [0.2, 0.25) is 5.91 Å². The van der Waals surface area contributed by atoms with Crippen LogP contribution in [-0.4, -0.2) is 52.5 Å². The molecule has 148 valence electrons. The number of carbonyl (C=O) groups excluding carboxylic acids is 1. The van der Waals surface area contributed by atoms with Crippen LogP contribution < -0.4 is 5.32 Å². The fourth-order valence-corrected chi connectivity index (χ4v) is 2.60. The molecule has 1 saturated heterocycles. The van der Waals surface area contributed by atoms with Crippen LogP contribution in [0.4, 0.5) is 27.6 Å². The summed E-state index contributed by atoms with van der Waals surface area (Å²) in [5.41, 5.74) is -0.480. The zero-order valence-corrected chi connectivity index (χ0v) is 14.2. The SMILES string of the molecule is N=Cc1ncc(-c2cccc(C(F)(F)F)n2)cc1NCC(=O)N1CC(F)(F)C1. The monoisotopic (exact) mass is 399 g/mol. The summed E-state index contributed by atoms with van der Waals surface area (Å²) in [5.74, 6) is -3.45. The van der Waals surface area contributed by atoms with Gasteiger partial charge < -0.3 is 15.6 Å². The first-order valence-corrected chi connectivity index (χ1v) is 8.04. The third-order valence-corrected chi connectivity index (χ3v) is 4.02. The maximum absolute atomic E-state index is 12.8. The minimum atomic E-state index is -4.61. The molecule has 1 fully saturated rings. The van der Waals surface area contributed by atoms with Gasteiger partial charge in [-0.05, 0) is 18.2 Å². The largest absolute Gasteiger partial charge is 0.433 e. The van der Waals surface area contributed by atoms with Gasteiger partial charge in [0.15, 0.2) is 0 Å². The summed E-state index contributed by atoms with van der Waals surface area (Å²) in [6, 6.07) is 4.81. The fourth-order valence-electron chi connectivity index (χ4n) is 2.60. The van der Waals surface area contributed by atoms with Crippen molar-refractivity contribution >= 4 is 17.8 Å². The molecule has 1 aliphatic heterocycles. The number of carbonyl (C=O) groups is 1. The molecular formula is C17H14F5N5O. The molecule has 11 heteroatoms. The number of rotatable bonds is 5. The Morgan fingerprint density at radius 1 is 1.32 bits per heavy atom. The molecule has 2 aromatic heterocycles. The maximum Gasteiger partial charge on any atom is 0.433 e. The zero-order valence-electron chi connectivity index (χ0n) is 14.2. The van der Waals surface area contributed by atoms with Gasteiger partial charge in [0.05, 0.1) is 31.0 Å². The van der Waals surface area contributed by atoms with Crippen molar-refractivity contribution in [1.29, 1.82) is 5.41 Å². The van der Waals surface area contributed by atoms with Crippen LogP contribution in [0.3, 0.4) is 0 Å². The average Bonchev–Trinajstić information content (AvgIpc) is 2.63. The molecule has 6 nitrogen and oxygen atoms in total. The lowest BCUT2D eigenvalue weighted by atomic mass is 10.1. The van der Waals surface area contributed by atoms with Crippen LogP contribution in [0.5, 0.6) is 0 Å².